The van der Waals surface area contributed by atoms with Crippen LogP contribution in [0.1, 0.15) is 29.5 Å². The van der Waals surface area contributed by atoms with E-state index in [0.717, 1.165) is 36.3 Å². The standard InChI is InChI=1S/C26H26FNO3S/c27-23-6-1-4-20(14-23)9-10-26(29)28(17-25-8-3-12-30-25)16-21-5-2-7-24(15-21)31-18-22-11-13-32-19-22/h1-2,4-7,9-11,13-15,19,25H,3,8,12,16-18H2/b10-9+/t25-/m0/s1. The fraction of sp³-hybridized carbons (Fsp3) is 0.269. The highest BCUT2D eigenvalue weighted by Gasteiger charge is 2.22. The largest absolute Gasteiger partial charge is 0.489 e. The first kappa shape index (κ1) is 22.2. The van der Waals surface area contributed by atoms with Gasteiger partial charge in [-0.05, 0) is 76.7 Å². The molecule has 0 spiro atoms. The van der Waals surface area contributed by atoms with E-state index in [2.05, 4.69) is 5.38 Å². The van der Waals surface area contributed by atoms with Gasteiger partial charge in [0.2, 0.25) is 5.91 Å². The lowest BCUT2D eigenvalue weighted by atomic mass is 10.1. The number of thiophene rings is 1. The number of benzene rings is 2. The Labute approximate surface area is 191 Å². The lowest BCUT2D eigenvalue weighted by Gasteiger charge is -2.24. The third kappa shape index (κ3) is 6.52. The van der Waals surface area contributed by atoms with E-state index >= 15 is 0 Å². The Hall–Kier alpha value is -2.96. The summed E-state index contributed by atoms with van der Waals surface area (Å²) in [5, 5.41) is 4.10. The van der Waals surface area contributed by atoms with E-state index in [4.69, 9.17) is 9.47 Å². The molecule has 2 aromatic carbocycles. The first-order valence-corrected chi connectivity index (χ1v) is 11.7. The number of carbonyl (C=O) groups excluding carboxylic acids is 1. The summed E-state index contributed by atoms with van der Waals surface area (Å²) in [6.45, 7) is 2.22. The number of rotatable bonds is 9. The van der Waals surface area contributed by atoms with Gasteiger partial charge in [0.1, 0.15) is 18.2 Å². The van der Waals surface area contributed by atoms with Crippen molar-refractivity contribution in [3.05, 3.63) is 93.9 Å². The Balaban J connectivity index is 1.45. The van der Waals surface area contributed by atoms with Crippen molar-refractivity contribution in [3.8, 4) is 5.75 Å². The van der Waals surface area contributed by atoms with Crippen molar-refractivity contribution in [3.63, 3.8) is 0 Å². The fourth-order valence-corrected chi connectivity index (χ4v) is 4.30. The number of amides is 1. The van der Waals surface area contributed by atoms with Crippen LogP contribution in [0.5, 0.6) is 5.75 Å². The number of nitrogens with zero attached hydrogens (tertiary/aromatic N) is 1. The maximum atomic E-state index is 13.4. The SMILES string of the molecule is O=C(/C=C/c1cccc(F)c1)N(Cc1cccc(OCc2ccsc2)c1)C[C@@H]1CCCO1. The second kappa shape index (κ2) is 11.1. The van der Waals surface area contributed by atoms with Crippen molar-refractivity contribution < 1.29 is 18.7 Å². The zero-order chi connectivity index (χ0) is 22.2. The minimum absolute atomic E-state index is 0.0412. The van der Waals surface area contributed by atoms with Gasteiger partial charge in [-0.2, -0.15) is 11.3 Å². The molecular formula is C26H26FNO3S. The fourth-order valence-electron chi connectivity index (χ4n) is 3.65. The molecule has 6 heteroatoms. The smallest absolute Gasteiger partial charge is 0.246 e. The van der Waals surface area contributed by atoms with E-state index in [9.17, 15) is 9.18 Å². The number of carbonyl (C=O) groups is 1. The van der Waals surface area contributed by atoms with Gasteiger partial charge in [0, 0.05) is 25.8 Å². The normalized spacial score (nSPS) is 15.8. The van der Waals surface area contributed by atoms with Crippen LogP contribution in [0.25, 0.3) is 6.08 Å². The average Bonchev–Trinajstić information content (AvgIpc) is 3.50. The average molecular weight is 452 g/mol. The van der Waals surface area contributed by atoms with E-state index < -0.39 is 0 Å². The number of hydrogen-bond acceptors (Lipinski definition) is 4. The molecule has 0 saturated carbocycles. The molecule has 1 fully saturated rings. The van der Waals surface area contributed by atoms with Crippen LogP contribution in [0.15, 0.2) is 71.4 Å². The molecule has 1 amide bonds. The van der Waals surface area contributed by atoms with Gasteiger partial charge in [0.05, 0.1) is 6.10 Å². The monoisotopic (exact) mass is 451 g/mol. The molecule has 1 atom stereocenters. The van der Waals surface area contributed by atoms with Crippen LogP contribution >= 0.6 is 11.3 Å². The Kier molecular flexibility index (Phi) is 7.69. The van der Waals surface area contributed by atoms with Crippen molar-refractivity contribution in [1.82, 2.24) is 4.90 Å². The summed E-state index contributed by atoms with van der Waals surface area (Å²) in [6.07, 6.45) is 5.15. The molecule has 1 aromatic heterocycles. The van der Waals surface area contributed by atoms with Crippen molar-refractivity contribution in [1.29, 1.82) is 0 Å². The third-order valence-electron chi connectivity index (χ3n) is 5.28. The van der Waals surface area contributed by atoms with Crippen LogP contribution in [-0.2, 0) is 22.7 Å². The quantitative estimate of drug-likeness (QED) is 0.393. The van der Waals surface area contributed by atoms with Gasteiger partial charge in [0.25, 0.3) is 0 Å². The van der Waals surface area contributed by atoms with E-state index in [1.165, 1.54) is 18.2 Å². The number of ether oxygens (including phenoxy) is 2. The summed E-state index contributed by atoms with van der Waals surface area (Å²) in [5.41, 5.74) is 2.77. The van der Waals surface area contributed by atoms with Crippen LogP contribution < -0.4 is 4.74 Å². The molecule has 0 radical (unpaired) electrons. The Morgan fingerprint density at radius 3 is 2.88 bits per heavy atom. The van der Waals surface area contributed by atoms with Crippen molar-refractivity contribution in [2.45, 2.75) is 32.1 Å². The molecular weight excluding hydrogens is 425 g/mol. The molecule has 0 aliphatic carbocycles. The van der Waals surface area contributed by atoms with E-state index in [-0.39, 0.29) is 17.8 Å². The minimum Gasteiger partial charge on any atom is -0.489 e. The van der Waals surface area contributed by atoms with Gasteiger partial charge < -0.3 is 14.4 Å². The molecule has 1 aliphatic heterocycles. The highest BCUT2D eigenvalue weighted by Crippen LogP contribution is 2.20. The summed E-state index contributed by atoms with van der Waals surface area (Å²) in [4.78, 5) is 14.8. The predicted octanol–water partition coefficient (Wildman–Crippen LogP) is 5.69. The summed E-state index contributed by atoms with van der Waals surface area (Å²) in [7, 11) is 0. The molecule has 0 N–H and O–H groups in total. The number of halogens is 1. The molecule has 0 bridgehead atoms. The molecule has 1 aliphatic rings. The summed E-state index contributed by atoms with van der Waals surface area (Å²) < 4.78 is 25.1. The Morgan fingerprint density at radius 2 is 2.09 bits per heavy atom. The summed E-state index contributed by atoms with van der Waals surface area (Å²) in [6, 6.07) is 16.1. The van der Waals surface area contributed by atoms with Crippen LogP contribution in [0.3, 0.4) is 0 Å². The molecule has 4 nitrogen and oxygen atoms in total. The first-order chi connectivity index (χ1) is 15.7. The zero-order valence-corrected chi connectivity index (χ0v) is 18.6. The molecule has 1 saturated heterocycles. The second-order valence-corrected chi connectivity index (χ2v) is 8.59. The van der Waals surface area contributed by atoms with Gasteiger partial charge in [-0.1, -0.05) is 24.3 Å². The van der Waals surface area contributed by atoms with E-state index in [1.54, 1.807) is 34.4 Å². The molecule has 3 aromatic rings. The van der Waals surface area contributed by atoms with Crippen molar-refractivity contribution >= 4 is 23.3 Å². The van der Waals surface area contributed by atoms with Gasteiger partial charge in [-0.3, -0.25) is 4.79 Å². The van der Waals surface area contributed by atoms with Gasteiger partial charge in [0.15, 0.2) is 0 Å². The van der Waals surface area contributed by atoms with Crippen LogP contribution in [0.4, 0.5) is 4.39 Å². The van der Waals surface area contributed by atoms with E-state index in [1.807, 2.05) is 35.7 Å². The van der Waals surface area contributed by atoms with Gasteiger partial charge >= 0.3 is 0 Å². The van der Waals surface area contributed by atoms with Crippen LogP contribution in [0.2, 0.25) is 0 Å². The van der Waals surface area contributed by atoms with Crippen molar-refractivity contribution in [2.75, 3.05) is 13.2 Å². The zero-order valence-electron chi connectivity index (χ0n) is 17.8. The summed E-state index contributed by atoms with van der Waals surface area (Å²) >= 11 is 1.64. The second-order valence-electron chi connectivity index (χ2n) is 7.81. The van der Waals surface area contributed by atoms with Gasteiger partial charge in [-0.25, -0.2) is 4.39 Å². The van der Waals surface area contributed by atoms with Crippen LogP contribution in [-0.4, -0.2) is 30.1 Å². The lowest BCUT2D eigenvalue weighted by Crippen LogP contribution is -2.35. The summed E-state index contributed by atoms with van der Waals surface area (Å²) in [5.74, 6) is 0.318. The van der Waals surface area contributed by atoms with Crippen molar-refractivity contribution in [2.24, 2.45) is 0 Å². The number of hydrogen-bond donors (Lipinski definition) is 0. The predicted molar refractivity (Wildman–Crippen MR) is 125 cm³/mol. The highest BCUT2D eigenvalue weighted by atomic mass is 32.1. The van der Waals surface area contributed by atoms with E-state index in [0.29, 0.717) is 25.3 Å². The first-order valence-electron chi connectivity index (χ1n) is 10.7. The molecule has 32 heavy (non-hydrogen) atoms. The molecule has 2 heterocycles. The Morgan fingerprint density at radius 1 is 1.19 bits per heavy atom. The highest BCUT2D eigenvalue weighted by molar-refractivity contribution is 7.07. The third-order valence-corrected chi connectivity index (χ3v) is 6.02. The maximum Gasteiger partial charge on any atom is 0.246 e. The minimum atomic E-state index is -0.324. The maximum absolute atomic E-state index is 13.4. The van der Waals surface area contributed by atoms with Gasteiger partial charge in [-0.15, -0.1) is 0 Å². The Bertz CT molecular complexity index is 1040. The molecule has 0 unspecified atom stereocenters. The van der Waals surface area contributed by atoms with Crippen LogP contribution in [0, 0.1) is 5.82 Å². The molecule has 4 rings (SSSR count). The topological polar surface area (TPSA) is 38.8 Å². The molecule has 166 valence electrons. The lowest BCUT2D eigenvalue weighted by molar-refractivity contribution is -0.128.